The molecule has 4 fully saturated rings. The number of ether oxygens (including phenoxy) is 1. The van der Waals surface area contributed by atoms with Crippen molar-refractivity contribution in [3.05, 3.63) is 285 Å². The Morgan fingerprint density at radius 2 is 1.15 bits per heavy atom. The number of allylic oxidation sites excluding steroid dienone is 2. The Morgan fingerprint density at radius 3 is 1.73 bits per heavy atom. The van der Waals surface area contributed by atoms with Gasteiger partial charge >= 0.3 is 0 Å². The van der Waals surface area contributed by atoms with Crippen molar-refractivity contribution in [2.24, 2.45) is 38.5 Å². The average Bonchev–Trinajstić information content (AvgIpc) is 1.63. The first kappa shape index (κ1) is 111. The second kappa shape index (κ2) is 50.8. The standard InChI is InChI=1S/C18H24N2O2.C14H17N.C12H17N.C11H16N2.C11H14N2.2C10H13N3.C10H15N.C9H13N.C8H13N.C7H11NO/c1-18(2,3)17-10-14-9-16(7-6-13(14)11-20-17)22-12-15(21)5-4-8-19;1-9(2)13-8-11-4-3-5-12(10-6-7-10)14(11)15-13;1-8(2)12-7-11(10-4-5-10)6-9(3)13-12;1-7(2)10-6-8(3)12-11(13-10)9-4-5-9;1-11(2,3)10-7-9-5-4-6-13(9)8-12-10;1-10(2,3)8-5-7-13-9(12-8)4-6-11-13;1-10(2,3)8-7-13-5-4-11-9(13)6-12-8;1-7(2)9-6-11-10-5-3-4-8(9)10;1-7(2)9-6-4-5-8(3)10-9;1-6(2)8-4-7(3)9-5-8;1-5(2)7-4-9-6(3)8-7/h6-7,9-11H,4-5,8,12,19H2,1-3H3;3-5,9-10H,6-8H2,1-2H3;6-8,10H,4-5H2,1-3H3;6-7,9H,4-5H2,1-3H3;4-8H,1-3H3;2*4-7H,1-3H3;7H,3-6H2,1-2H3;4-7H,1-3H3;4,6H,5H2,1-3H3;4-5H,1-3H3. The van der Waals surface area contributed by atoms with Gasteiger partial charge in [-0.2, -0.15) is 5.10 Å². The van der Waals surface area contributed by atoms with Crippen LogP contribution in [-0.2, 0) is 32.9 Å². The molecule has 0 unspecified atom stereocenters. The number of benzene rings is 2. The van der Waals surface area contributed by atoms with Gasteiger partial charge in [0.25, 0.3) is 0 Å². The summed E-state index contributed by atoms with van der Waals surface area (Å²) in [6, 6.07) is 37.5. The molecule has 0 atom stereocenters. The maximum atomic E-state index is 11.6. The van der Waals surface area contributed by atoms with E-state index >= 15 is 0 Å². The third kappa shape index (κ3) is 34.9. The minimum Gasteiger partial charge on any atom is -0.486 e. The number of pyridine rings is 3. The summed E-state index contributed by atoms with van der Waals surface area (Å²) in [6.07, 6.45) is 35.1. The Kier molecular flexibility index (Phi) is 40.1. The number of aliphatic imine (C=N–C) groups is 3. The lowest BCUT2D eigenvalue weighted by Gasteiger charge is -2.18. The van der Waals surface area contributed by atoms with Gasteiger partial charge in [0.2, 0.25) is 0 Å². The number of rotatable bonds is 16. The van der Waals surface area contributed by atoms with E-state index in [1.807, 2.05) is 102 Å². The van der Waals surface area contributed by atoms with Crippen molar-refractivity contribution in [1.29, 1.82) is 0 Å². The predicted molar refractivity (Wildman–Crippen MR) is 586 cm³/mol. The molecule has 20 rings (SSSR count). The highest BCUT2D eigenvalue weighted by molar-refractivity contribution is 6.04. The fourth-order valence-corrected chi connectivity index (χ4v) is 15.9. The van der Waals surface area contributed by atoms with Gasteiger partial charge in [-0.3, -0.25) is 39.7 Å². The van der Waals surface area contributed by atoms with Crippen molar-refractivity contribution in [2.45, 2.75) is 355 Å². The van der Waals surface area contributed by atoms with E-state index in [1.165, 1.54) is 131 Å². The number of imidazole rings is 1. The quantitative estimate of drug-likeness (QED) is 0.0943. The molecular weight excluding hydrogens is 1740 g/mol. The maximum absolute atomic E-state index is 11.6. The molecule has 4 aliphatic carbocycles. The minimum atomic E-state index is 0.00322. The normalized spacial score (nSPS) is 14.7. The number of ketones is 1. The van der Waals surface area contributed by atoms with Crippen LogP contribution in [0.15, 0.2) is 214 Å². The van der Waals surface area contributed by atoms with Gasteiger partial charge in [0, 0.05) is 170 Å². The molecule has 0 spiro atoms. The van der Waals surface area contributed by atoms with Gasteiger partial charge in [0.15, 0.2) is 23.0 Å². The lowest BCUT2D eigenvalue weighted by atomic mass is 9.91. The Labute approximate surface area is 843 Å². The second-order valence-electron chi connectivity index (χ2n) is 44.9. The van der Waals surface area contributed by atoms with Crippen LogP contribution in [-0.4, -0.2) is 117 Å². The van der Waals surface area contributed by atoms with Crippen LogP contribution >= 0.6 is 0 Å². The number of para-hydroxylation sites is 1. The molecule has 3 aliphatic heterocycles. The molecule has 7 aliphatic rings. The van der Waals surface area contributed by atoms with E-state index in [4.69, 9.17) is 19.9 Å². The second-order valence-corrected chi connectivity index (χ2v) is 44.9. The van der Waals surface area contributed by atoms with Crippen LogP contribution < -0.4 is 10.5 Å². The lowest BCUT2D eigenvalue weighted by Crippen LogP contribution is -2.14. The van der Waals surface area contributed by atoms with E-state index in [9.17, 15) is 4.79 Å². The molecule has 2 aromatic carbocycles. The number of Topliss-reactive ketones (excluding diaryl/α,β-unsaturated/α-hetero) is 1. The lowest BCUT2D eigenvalue weighted by molar-refractivity contribution is -0.121. The fraction of sp³-hybridized carbons (Fsp3) is 0.508. The van der Waals surface area contributed by atoms with Gasteiger partial charge < -0.3 is 23.7 Å². The Bertz CT molecular complexity index is 6090. The fourth-order valence-electron chi connectivity index (χ4n) is 15.9. The number of hydrogen-bond donors (Lipinski definition) is 1. The Hall–Kier alpha value is -11.7. The van der Waals surface area contributed by atoms with Crippen LogP contribution in [0, 0.1) is 45.4 Å². The summed E-state index contributed by atoms with van der Waals surface area (Å²) in [6.45, 7) is 69.2. The molecule has 141 heavy (non-hydrogen) atoms. The summed E-state index contributed by atoms with van der Waals surface area (Å²) in [5.41, 5.74) is 35.6. The SMILES string of the molecule is CC(C)(C)c1cc2cc(OCC(=O)CCCN)ccc2cn1.CC(C)(C)c1cc2cccn2cn1.CC(C)(C)c1ccn2nccc2n1.CC(C)(C)c1cn2ccnc2cn1.CC(C)C1=C2CCCC2=NC1.CC(C)C1=Nc2c(cccc2C2CC2)C1.CC1=NCC(C(C)C)=C1.Cc1cc(C(C)C)nc(C2CC2)n1.Cc1cc(C2CC2)cc(C(C)C)n1.Cc1cccc(C(C)C)n1.Cc1nc(C(C)C)co1. The monoisotopic (exact) mass is 1910 g/mol. The van der Waals surface area contributed by atoms with Crippen LogP contribution in [0.4, 0.5) is 5.69 Å². The van der Waals surface area contributed by atoms with Crippen molar-refractivity contribution >= 4 is 56.2 Å². The molecular formula is C120H166N18O3. The topological polar surface area (TPSA) is 258 Å². The minimum absolute atomic E-state index is 0.00322. The van der Waals surface area contributed by atoms with E-state index in [-0.39, 0.29) is 34.1 Å². The highest BCUT2D eigenvalue weighted by Crippen LogP contribution is 2.48. The molecule has 2 N–H and O–H groups in total. The number of carbonyl (C=O) groups is 1. The molecule has 0 radical (unpaired) electrons. The summed E-state index contributed by atoms with van der Waals surface area (Å²) < 4.78 is 16.4. The molecule has 0 bridgehead atoms. The Balaban J connectivity index is 0.000000161. The van der Waals surface area contributed by atoms with E-state index in [0.29, 0.717) is 72.5 Å². The number of oxazole rings is 1. The molecule has 754 valence electrons. The maximum Gasteiger partial charge on any atom is 0.191 e. The molecule has 21 nitrogen and oxygen atoms in total. The number of nitrogens with zero attached hydrogens (tertiary/aromatic N) is 17. The molecule has 13 aromatic rings. The summed E-state index contributed by atoms with van der Waals surface area (Å²) in [5.74, 6) is 8.99. The average molecular weight is 1910 g/mol. The van der Waals surface area contributed by atoms with Gasteiger partial charge in [0.05, 0.1) is 48.9 Å². The van der Waals surface area contributed by atoms with Crippen LogP contribution in [0.2, 0.25) is 0 Å². The smallest absolute Gasteiger partial charge is 0.191 e. The first-order valence-corrected chi connectivity index (χ1v) is 51.7. The summed E-state index contributed by atoms with van der Waals surface area (Å²) in [5, 5.41) is 6.24. The highest BCUT2D eigenvalue weighted by Gasteiger charge is 2.32. The van der Waals surface area contributed by atoms with Crippen molar-refractivity contribution in [1.82, 2.24) is 68.3 Å². The third-order valence-corrected chi connectivity index (χ3v) is 25.4. The first-order valence-electron chi connectivity index (χ1n) is 51.7. The third-order valence-electron chi connectivity index (χ3n) is 25.4. The molecule has 0 amide bonds. The van der Waals surface area contributed by atoms with E-state index in [2.05, 4.69) is 339 Å². The van der Waals surface area contributed by atoms with Crippen molar-refractivity contribution < 1.29 is 13.9 Å². The molecule has 14 heterocycles. The Morgan fingerprint density at radius 1 is 0.504 bits per heavy atom. The van der Waals surface area contributed by atoms with Gasteiger partial charge in [-0.25, -0.2) is 34.4 Å². The van der Waals surface area contributed by atoms with Crippen LogP contribution in [0.3, 0.4) is 0 Å². The zero-order chi connectivity index (χ0) is 103. The van der Waals surface area contributed by atoms with E-state index < -0.39 is 0 Å². The van der Waals surface area contributed by atoms with E-state index in [0.717, 1.165) is 105 Å². The van der Waals surface area contributed by atoms with E-state index in [1.54, 1.807) is 40.5 Å². The summed E-state index contributed by atoms with van der Waals surface area (Å²) in [7, 11) is 0. The number of aromatic nitrogens is 14. The van der Waals surface area contributed by atoms with Crippen molar-refractivity contribution in [3.8, 4) is 5.75 Å². The number of nitrogens with two attached hydrogens (primary N) is 1. The molecule has 21 heteroatoms. The predicted octanol–water partition coefficient (Wildman–Crippen LogP) is 29.2. The van der Waals surface area contributed by atoms with Crippen LogP contribution in [0.1, 0.15) is 390 Å². The number of fused-ring (bicyclic) bond motifs is 6. The van der Waals surface area contributed by atoms with Gasteiger partial charge in [-0.05, 0) is 275 Å². The van der Waals surface area contributed by atoms with Gasteiger partial charge in [0.1, 0.15) is 24.4 Å². The van der Waals surface area contributed by atoms with Crippen molar-refractivity contribution in [3.63, 3.8) is 0 Å². The first-order chi connectivity index (χ1) is 66.6. The summed E-state index contributed by atoms with van der Waals surface area (Å²) in [4.78, 5) is 69.3. The molecule has 11 aromatic heterocycles. The largest absolute Gasteiger partial charge is 0.486 e. The van der Waals surface area contributed by atoms with Gasteiger partial charge in [-0.1, -0.05) is 204 Å². The molecule has 4 saturated carbocycles. The number of aryl methyl sites for hydroxylation is 4. The number of hydrogen-bond acceptors (Lipinski definition) is 18. The number of carbonyl (C=O) groups excluding carboxylic acids is 1. The van der Waals surface area contributed by atoms with Crippen molar-refractivity contribution in [2.75, 3.05) is 26.2 Å². The summed E-state index contributed by atoms with van der Waals surface area (Å²) >= 11 is 0. The zero-order valence-corrected chi connectivity index (χ0v) is 91.2. The van der Waals surface area contributed by atoms with Gasteiger partial charge in [-0.15, -0.1) is 0 Å². The molecule has 0 saturated heterocycles. The van der Waals surface area contributed by atoms with Crippen LogP contribution in [0.25, 0.3) is 27.6 Å². The van der Waals surface area contributed by atoms with Crippen LogP contribution in [0.5, 0.6) is 5.75 Å². The highest BCUT2D eigenvalue weighted by atomic mass is 16.5. The zero-order valence-electron chi connectivity index (χ0n) is 91.2.